The van der Waals surface area contributed by atoms with Crippen LogP contribution >= 0.6 is 23.4 Å². The van der Waals surface area contributed by atoms with Gasteiger partial charge in [0.05, 0.1) is 10.8 Å². The number of hydrogen-bond donors (Lipinski definition) is 1. The molecule has 0 unspecified atom stereocenters. The molecular weight excluding hydrogens is 196 g/mol. The monoisotopic (exact) mass is 202 g/mol. The first-order valence-electron chi connectivity index (χ1n) is 3.22. The summed E-state index contributed by atoms with van der Waals surface area (Å²) in [4.78, 5) is 14.4. The maximum Gasteiger partial charge on any atom is 0.227 e. The summed E-state index contributed by atoms with van der Waals surface area (Å²) >= 11 is 6.89. The molecule has 0 atom stereocenters. The van der Waals surface area contributed by atoms with Gasteiger partial charge in [0.1, 0.15) is 5.15 Å². The highest BCUT2D eigenvalue weighted by atomic mass is 35.5. The SMILES string of the molecule is NC(=O)CSc1cccc(Cl)n1. The number of amides is 1. The maximum atomic E-state index is 10.4. The van der Waals surface area contributed by atoms with Gasteiger partial charge in [-0.05, 0) is 12.1 Å². The number of thioether (sulfide) groups is 1. The normalized spacial score (nSPS) is 9.75. The number of nitrogens with zero attached hydrogens (tertiary/aromatic N) is 1. The average molecular weight is 203 g/mol. The van der Waals surface area contributed by atoms with Crippen LogP contribution in [0.5, 0.6) is 0 Å². The fraction of sp³-hybridized carbons (Fsp3) is 0.143. The Morgan fingerprint density at radius 2 is 2.42 bits per heavy atom. The summed E-state index contributed by atoms with van der Waals surface area (Å²) in [6.07, 6.45) is 0. The van der Waals surface area contributed by atoms with Gasteiger partial charge in [-0.2, -0.15) is 0 Å². The van der Waals surface area contributed by atoms with Crippen molar-refractivity contribution in [3.8, 4) is 0 Å². The molecule has 12 heavy (non-hydrogen) atoms. The predicted molar refractivity (Wildman–Crippen MR) is 49.2 cm³/mol. The van der Waals surface area contributed by atoms with E-state index in [9.17, 15) is 4.79 Å². The first kappa shape index (κ1) is 9.35. The number of carbonyl (C=O) groups is 1. The largest absolute Gasteiger partial charge is 0.369 e. The van der Waals surface area contributed by atoms with Crippen molar-refractivity contribution in [2.45, 2.75) is 5.03 Å². The van der Waals surface area contributed by atoms with Gasteiger partial charge in [-0.1, -0.05) is 29.4 Å². The van der Waals surface area contributed by atoms with Gasteiger partial charge in [-0.3, -0.25) is 4.79 Å². The van der Waals surface area contributed by atoms with Crippen LogP contribution in [0.25, 0.3) is 0 Å². The van der Waals surface area contributed by atoms with Crippen LogP contribution in [0.2, 0.25) is 5.15 Å². The highest BCUT2D eigenvalue weighted by Crippen LogP contribution is 2.16. The molecule has 2 N–H and O–H groups in total. The van der Waals surface area contributed by atoms with Crippen molar-refractivity contribution in [3.05, 3.63) is 23.4 Å². The Kier molecular flexibility index (Phi) is 3.37. The lowest BCUT2D eigenvalue weighted by atomic mass is 10.5. The Balaban J connectivity index is 2.57. The minimum absolute atomic E-state index is 0.230. The number of nitrogens with two attached hydrogens (primary N) is 1. The summed E-state index contributed by atoms with van der Waals surface area (Å²) in [5.74, 6) is -0.130. The van der Waals surface area contributed by atoms with Crippen LogP contribution < -0.4 is 5.73 Å². The average Bonchev–Trinajstić information content (AvgIpc) is 2.01. The highest BCUT2D eigenvalue weighted by molar-refractivity contribution is 7.99. The second-order valence-corrected chi connectivity index (χ2v) is 3.44. The third-order valence-corrected chi connectivity index (χ3v) is 2.21. The third-order valence-electron chi connectivity index (χ3n) is 1.05. The molecule has 1 heterocycles. The van der Waals surface area contributed by atoms with Crippen LogP contribution in [0.1, 0.15) is 0 Å². The van der Waals surface area contributed by atoms with Crippen molar-refractivity contribution in [1.29, 1.82) is 0 Å². The Bertz CT molecular complexity index is 292. The van der Waals surface area contributed by atoms with Gasteiger partial charge in [0.2, 0.25) is 5.91 Å². The number of primary amides is 1. The Labute approximate surface area is 79.3 Å². The van der Waals surface area contributed by atoms with E-state index in [0.717, 1.165) is 0 Å². The molecule has 1 rings (SSSR count). The second kappa shape index (κ2) is 4.33. The van der Waals surface area contributed by atoms with Crippen molar-refractivity contribution < 1.29 is 4.79 Å². The molecule has 0 fully saturated rings. The molecule has 1 aromatic heterocycles. The summed E-state index contributed by atoms with van der Waals surface area (Å²) in [6.45, 7) is 0. The van der Waals surface area contributed by atoms with Gasteiger partial charge in [0.15, 0.2) is 0 Å². The fourth-order valence-corrected chi connectivity index (χ4v) is 1.46. The van der Waals surface area contributed by atoms with E-state index in [2.05, 4.69) is 4.98 Å². The van der Waals surface area contributed by atoms with E-state index in [1.54, 1.807) is 18.2 Å². The molecule has 0 radical (unpaired) electrons. The number of aromatic nitrogens is 1. The zero-order chi connectivity index (χ0) is 8.97. The number of halogens is 1. The van der Waals surface area contributed by atoms with Crippen LogP contribution in [0.3, 0.4) is 0 Å². The van der Waals surface area contributed by atoms with Crippen LogP contribution in [0.4, 0.5) is 0 Å². The third kappa shape index (κ3) is 3.11. The van der Waals surface area contributed by atoms with Gasteiger partial charge < -0.3 is 5.73 Å². The molecule has 0 saturated heterocycles. The highest BCUT2D eigenvalue weighted by Gasteiger charge is 1.99. The molecule has 5 heteroatoms. The van der Waals surface area contributed by atoms with E-state index in [1.807, 2.05) is 0 Å². The smallest absolute Gasteiger partial charge is 0.227 e. The lowest BCUT2D eigenvalue weighted by Gasteiger charge is -1.97. The van der Waals surface area contributed by atoms with E-state index >= 15 is 0 Å². The molecule has 1 amide bonds. The summed E-state index contributed by atoms with van der Waals surface area (Å²) in [5, 5.41) is 1.13. The molecule has 1 aromatic rings. The lowest BCUT2D eigenvalue weighted by molar-refractivity contribution is -0.115. The van der Waals surface area contributed by atoms with E-state index in [4.69, 9.17) is 17.3 Å². The zero-order valence-electron chi connectivity index (χ0n) is 6.16. The summed E-state index contributed by atoms with van der Waals surface area (Å²) in [5.41, 5.74) is 4.96. The predicted octanol–water partition coefficient (Wildman–Crippen LogP) is 1.31. The van der Waals surface area contributed by atoms with Gasteiger partial charge in [-0.15, -0.1) is 0 Å². The second-order valence-electron chi connectivity index (χ2n) is 2.05. The van der Waals surface area contributed by atoms with E-state index in [0.29, 0.717) is 10.2 Å². The quantitative estimate of drug-likeness (QED) is 0.594. The van der Waals surface area contributed by atoms with E-state index in [1.165, 1.54) is 11.8 Å². The van der Waals surface area contributed by atoms with Crippen LogP contribution in [-0.2, 0) is 4.79 Å². The summed E-state index contributed by atoms with van der Waals surface area (Å²) in [7, 11) is 0. The number of pyridine rings is 1. The molecule has 0 aliphatic carbocycles. The van der Waals surface area contributed by atoms with Crippen molar-refractivity contribution >= 4 is 29.3 Å². The van der Waals surface area contributed by atoms with E-state index in [-0.39, 0.29) is 11.7 Å². The Morgan fingerprint density at radius 3 is 3.00 bits per heavy atom. The number of hydrogen-bond acceptors (Lipinski definition) is 3. The summed E-state index contributed by atoms with van der Waals surface area (Å²) in [6, 6.07) is 5.23. The van der Waals surface area contributed by atoms with Crippen molar-refractivity contribution in [2.75, 3.05) is 5.75 Å². The minimum atomic E-state index is -0.359. The standard InChI is InChI=1S/C7H7ClN2OS/c8-5-2-1-3-7(10-5)12-4-6(9)11/h1-3H,4H2,(H2,9,11). The zero-order valence-corrected chi connectivity index (χ0v) is 7.73. The molecule has 0 aliphatic heterocycles. The van der Waals surface area contributed by atoms with Crippen molar-refractivity contribution in [1.82, 2.24) is 4.98 Å². The van der Waals surface area contributed by atoms with Crippen LogP contribution in [-0.4, -0.2) is 16.6 Å². The topological polar surface area (TPSA) is 56.0 Å². The molecular formula is C7H7ClN2OS. The molecule has 64 valence electrons. The molecule has 0 saturated carbocycles. The van der Waals surface area contributed by atoms with Crippen molar-refractivity contribution in [2.24, 2.45) is 5.73 Å². The first-order chi connectivity index (χ1) is 5.68. The van der Waals surface area contributed by atoms with Crippen LogP contribution in [0, 0.1) is 0 Å². The molecule has 0 aromatic carbocycles. The Hall–Kier alpha value is -0.740. The minimum Gasteiger partial charge on any atom is -0.369 e. The van der Waals surface area contributed by atoms with Gasteiger partial charge in [-0.25, -0.2) is 4.98 Å². The number of rotatable bonds is 3. The Morgan fingerprint density at radius 1 is 1.67 bits per heavy atom. The first-order valence-corrected chi connectivity index (χ1v) is 4.58. The maximum absolute atomic E-state index is 10.4. The van der Waals surface area contributed by atoms with Gasteiger partial charge in [0.25, 0.3) is 0 Å². The fourth-order valence-electron chi connectivity index (χ4n) is 0.615. The van der Waals surface area contributed by atoms with Gasteiger partial charge >= 0.3 is 0 Å². The molecule has 0 bridgehead atoms. The van der Waals surface area contributed by atoms with E-state index < -0.39 is 0 Å². The molecule has 3 nitrogen and oxygen atoms in total. The lowest BCUT2D eigenvalue weighted by Crippen LogP contribution is -2.13. The molecule has 0 aliphatic rings. The number of carbonyl (C=O) groups excluding carboxylic acids is 1. The summed E-state index contributed by atoms with van der Waals surface area (Å²) < 4.78 is 0. The van der Waals surface area contributed by atoms with Crippen LogP contribution in [0.15, 0.2) is 23.2 Å². The van der Waals surface area contributed by atoms with Crippen molar-refractivity contribution in [3.63, 3.8) is 0 Å². The molecule has 0 spiro atoms. The van der Waals surface area contributed by atoms with Gasteiger partial charge in [0, 0.05) is 0 Å².